The molecule has 5 nitrogen and oxygen atoms in total. The molecule has 0 bridgehead atoms. The molecular formula is C30H32ClN3O2. The Kier molecular flexibility index (Phi) is 6.86. The first-order valence-electron chi connectivity index (χ1n) is 12.9. The molecule has 6 heteroatoms. The highest BCUT2D eigenvalue weighted by molar-refractivity contribution is 6.31. The molecule has 1 N–H and O–H groups in total. The molecule has 0 aliphatic carbocycles. The van der Waals surface area contributed by atoms with Gasteiger partial charge >= 0.3 is 0 Å². The number of hydrogen-bond acceptors (Lipinski definition) is 4. The van der Waals surface area contributed by atoms with Crippen molar-refractivity contribution in [3.05, 3.63) is 95.1 Å². The number of benzene rings is 3. The van der Waals surface area contributed by atoms with Gasteiger partial charge in [0.05, 0.1) is 0 Å². The number of para-hydroxylation sites is 2. The first-order valence-corrected chi connectivity index (χ1v) is 13.3. The minimum Gasteiger partial charge on any atom is -0.481 e. The number of rotatable bonds is 7. The zero-order valence-electron chi connectivity index (χ0n) is 20.4. The van der Waals surface area contributed by atoms with Crippen molar-refractivity contribution in [1.82, 2.24) is 14.8 Å². The molecule has 4 aromatic rings. The van der Waals surface area contributed by atoms with Crippen molar-refractivity contribution in [3.8, 4) is 11.5 Å². The zero-order chi connectivity index (χ0) is 24.3. The van der Waals surface area contributed by atoms with Crippen molar-refractivity contribution in [2.24, 2.45) is 0 Å². The van der Waals surface area contributed by atoms with Crippen molar-refractivity contribution in [3.63, 3.8) is 0 Å². The van der Waals surface area contributed by atoms with Gasteiger partial charge in [0.25, 0.3) is 0 Å². The predicted octanol–water partition coefficient (Wildman–Crippen LogP) is 5.95. The van der Waals surface area contributed by atoms with Crippen LogP contribution in [0.25, 0.3) is 10.9 Å². The lowest BCUT2D eigenvalue weighted by Crippen LogP contribution is -2.51. The number of aromatic amines is 1. The van der Waals surface area contributed by atoms with Crippen molar-refractivity contribution in [2.45, 2.75) is 25.0 Å². The van der Waals surface area contributed by atoms with Gasteiger partial charge in [-0.15, -0.1) is 0 Å². The summed E-state index contributed by atoms with van der Waals surface area (Å²) in [4.78, 5) is 8.48. The van der Waals surface area contributed by atoms with Gasteiger partial charge in [-0.3, -0.25) is 4.90 Å². The van der Waals surface area contributed by atoms with Crippen LogP contribution < -0.4 is 9.47 Å². The van der Waals surface area contributed by atoms with Crippen LogP contribution in [0, 0.1) is 0 Å². The van der Waals surface area contributed by atoms with E-state index in [1.807, 2.05) is 36.4 Å². The van der Waals surface area contributed by atoms with E-state index < -0.39 is 0 Å². The fourth-order valence-corrected chi connectivity index (χ4v) is 5.61. The van der Waals surface area contributed by atoms with Crippen LogP contribution in [0.5, 0.6) is 11.5 Å². The molecule has 2 aliphatic heterocycles. The number of piperazine rings is 1. The van der Waals surface area contributed by atoms with E-state index in [1.165, 1.54) is 10.9 Å². The molecule has 1 fully saturated rings. The van der Waals surface area contributed by atoms with E-state index in [2.05, 4.69) is 57.4 Å². The van der Waals surface area contributed by atoms with Gasteiger partial charge in [-0.2, -0.15) is 0 Å². The van der Waals surface area contributed by atoms with Crippen molar-refractivity contribution < 1.29 is 9.47 Å². The Hall–Kier alpha value is -2.99. The number of hydrogen-bond donors (Lipinski definition) is 1. The van der Waals surface area contributed by atoms with E-state index in [0.29, 0.717) is 0 Å². The standard InChI is InChI=1S/C30H32ClN3O2/c31-24-12-13-26-25(19-24)23(20-32-26)9-6-14-33-15-17-34(18-16-33)21-29-30(22-7-2-1-3-8-22)36-28-11-5-4-10-27(28)35-29/h1-5,7-8,10-13,19-20,29-30,32H,6,9,14-18,21H2. The minimum atomic E-state index is -0.108. The van der Waals surface area contributed by atoms with E-state index in [0.717, 1.165) is 79.7 Å². The van der Waals surface area contributed by atoms with Gasteiger partial charge in [0.2, 0.25) is 0 Å². The maximum absolute atomic E-state index is 6.49. The molecule has 6 rings (SSSR count). The molecule has 2 unspecified atom stereocenters. The van der Waals surface area contributed by atoms with Gasteiger partial charge in [0.1, 0.15) is 0 Å². The maximum Gasteiger partial charge on any atom is 0.162 e. The van der Waals surface area contributed by atoms with E-state index in [4.69, 9.17) is 21.1 Å². The second-order valence-corrected chi connectivity index (χ2v) is 10.2. The molecule has 0 spiro atoms. The number of nitrogens with zero attached hydrogens (tertiary/aromatic N) is 2. The number of ether oxygens (including phenoxy) is 2. The number of halogens is 1. The molecule has 3 aromatic carbocycles. The number of aromatic nitrogens is 1. The molecule has 2 atom stereocenters. The number of nitrogens with one attached hydrogen (secondary N) is 1. The summed E-state index contributed by atoms with van der Waals surface area (Å²) in [7, 11) is 0. The Morgan fingerprint density at radius 2 is 1.56 bits per heavy atom. The first kappa shape index (κ1) is 23.4. The van der Waals surface area contributed by atoms with Crippen LogP contribution in [0.4, 0.5) is 0 Å². The smallest absolute Gasteiger partial charge is 0.162 e. The topological polar surface area (TPSA) is 40.7 Å². The summed E-state index contributed by atoms with van der Waals surface area (Å²) in [6.07, 6.45) is 4.19. The van der Waals surface area contributed by atoms with E-state index in [1.54, 1.807) is 0 Å². The lowest BCUT2D eigenvalue weighted by Gasteiger charge is -2.40. The molecule has 36 heavy (non-hydrogen) atoms. The second-order valence-electron chi connectivity index (χ2n) is 9.80. The van der Waals surface area contributed by atoms with Crippen LogP contribution in [-0.2, 0) is 6.42 Å². The molecule has 186 valence electrons. The Labute approximate surface area is 217 Å². The van der Waals surface area contributed by atoms with Gasteiger partial charge in [-0.1, -0.05) is 54.1 Å². The van der Waals surface area contributed by atoms with Crippen LogP contribution in [-0.4, -0.2) is 60.2 Å². The Bertz CT molecular complexity index is 1300. The Morgan fingerprint density at radius 1 is 0.833 bits per heavy atom. The van der Waals surface area contributed by atoms with Gasteiger partial charge in [0.15, 0.2) is 23.7 Å². The Morgan fingerprint density at radius 3 is 2.36 bits per heavy atom. The largest absolute Gasteiger partial charge is 0.481 e. The SMILES string of the molecule is Clc1ccc2[nH]cc(CCCN3CCN(CC4Oc5ccccc5OC4c4ccccc4)CC3)c2c1. The van der Waals surface area contributed by atoms with Gasteiger partial charge in [0, 0.05) is 54.8 Å². The summed E-state index contributed by atoms with van der Waals surface area (Å²) in [5, 5.41) is 2.04. The third-order valence-electron chi connectivity index (χ3n) is 7.40. The summed E-state index contributed by atoms with van der Waals surface area (Å²) in [6, 6.07) is 24.5. The normalized spacial score (nSPS) is 20.6. The minimum absolute atomic E-state index is 0.0393. The van der Waals surface area contributed by atoms with Crippen molar-refractivity contribution in [2.75, 3.05) is 39.3 Å². The van der Waals surface area contributed by atoms with Gasteiger partial charge in [-0.05, 0) is 60.8 Å². The summed E-state index contributed by atoms with van der Waals surface area (Å²) in [5.41, 5.74) is 3.68. The lowest BCUT2D eigenvalue weighted by molar-refractivity contribution is -0.00974. The van der Waals surface area contributed by atoms with Gasteiger partial charge < -0.3 is 19.4 Å². The first-order chi connectivity index (χ1) is 17.7. The number of aryl methyl sites for hydroxylation is 1. The molecule has 1 saturated heterocycles. The third-order valence-corrected chi connectivity index (χ3v) is 7.64. The zero-order valence-corrected chi connectivity index (χ0v) is 21.2. The van der Waals surface area contributed by atoms with E-state index in [-0.39, 0.29) is 12.2 Å². The van der Waals surface area contributed by atoms with Crippen LogP contribution >= 0.6 is 11.6 Å². The quantitative estimate of drug-likeness (QED) is 0.339. The summed E-state index contributed by atoms with van der Waals surface area (Å²) >= 11 is 6.21. The molecule has 0 amide bonds. The van der Waals surface area contributed by atoms with E-state index in [9.17, 15) is 0 Å². The monoisotopic (exact) mass is 501 g/mol. The fourth-order valence-electron chi connectivity index (χ4n) is 5.44. The van der Waals surface area contributed by atoms with Crippen LogP contribution in [0.1, 0.15) is 23.7 Å². The average molecular weight is 502 g/mol. The van der Waals surface area contributed by atoms with Crippen LogP contribution in [0.15, 0.2) is 79.0 Å². The fraction of sp³-hybridized carbons (Fsp3) is 0.333. The summed E-state index contributed by atoms with van der Waals surface area (Å²) in [5.74, 6) is 1.66. The molecular weight excluding hydrogens is 470 g/mol. The van der Waals surface area contributed by atoms with Gasteiger partial charge in [-0.25, -0.2) is 0 Å². The highest BCUT2D eigenvalue weighted by Gasteiger charge is 2.34. The lowest BCUT2D eigenvalue weighted by atomic mass is 10.0. The van der Waals surface area contributed by atoms with E-state index >= 15 is 0 Å². The third kappa shape index (κ3) is 5.10. The number of H-pyrrole nitrogens is 1. The van der Waals surface area contributed by atoms with Crippen molar-refractivity contribution >= 4 is 22.5 Å². The van der Waals surface area contributed by atoms with Crippen molar-refractivity contribution in [1.29, 1.82) is 0 Å². The Balaban J connectivity index is 1.03. The average Bonchev–Trinajstić information content (AvgIpc) is 3.31. The molecule has 3 heterocycles. The predicted molar refractivity (Wildman–Crippen MR) is 145 cm³/mol. The number of fused-ring (bicyclic) bond motifs is 2. The highest BCUT2D eigenvalue weighted by atomic mass is 35.5. The summed E-state index contributed by atoms with van der Waals surface area (Å²) < 4.78 is 12.9. The maximum atomic E-state index is 6.49. The summed E-state index contributed by atoms with van der Waals surface area (Å²) in [6.45, 7) is 6.24. The highest BCUT2D eigenvalue weighted by Crippen LogP contribution is 2.39. The molecule has 0 saturated carbocycles. The van der Waals surface area contributed by atoms with Crippen LogP contribution in [0.2, 0.25) is 5.02 Å². The van der Waals surface area contributed by atoms with Crippen LogP contribution in [0.3, 0.4) is 0 Å². The molecule has 1 aromatic heterocycles. The molecule has 2 aliphatic rings. The molecule has 0 radical (unpaired) electrons. The second kappa shape index (κ2) is 10.6.